The molecule has 182 valence electrons. The number of para-hydroxylation sites is 1. The summed E-state index contributed by atoms with van der Waals surface area (Å²) in [7, 11) is -3.95. The Hall–Kier alpha value is -2.98. The Morgan fingerprint density at radius 3 is 2.91 bits per heavy atom. The Morgan fingerprint density at radius 1 is 1.29 bits per heavy atom. The van der Waals surface area contributed by atoms with Gasteiger partial charge in [-0.3, -0.25) is 28.2 Å². The molecule has 0 fully saturated rings. The van der Waals surface area contributed by atoms with Crippen LogP contribution < -0.4 is 15.8 Å². The molecular weight excluding hydrogens is 467 g/mol. The van der Waals surface area contributed by atoms with E-state index in [1.807, 2.05) is 0 Å². The maximum atomic E-state index is 13.1. The molecule has 0 amide bonds. The Balaban J connectivity index is 1.38. The van der Waals surface area contributed by atoms with Gasteiger partial charge in [0.25, 0.3) is 5.56 Å². The van der Waals surface area contributed by atoms with Crippen LogP contribution in [0.1, 0.15) is 36.3 Å². The summed E-state index contributed by atoms with van der Waals surface area (Å²) in [5.74, 6) is 0.0421. The predicted octanol–water partition coefficient (Wildman–Crippen LogP) is 2.53. The van der Waals surface area contributed by atoms with Crippen molar-refractivity contribution in [3.05, 3.63) is 74.1 Å². The largest absolute Gasteiger partial charge is 0.530 e. The molecule has 34 heavy (non-hydrogen) atoms. The number of fused-ring (bicyclic) bond motifs is 1. The summed E-state index contributed by atoms with van der Waals surface area (Å²) in [5.41, 5.74) is 0.686. The minimum Gasteiger partial charge on any atom is -0.466 e. The van der Waals surface area contributed by atoms with E-state index in [0.717, 1.165) is 0 Å². The molecule has 12 heteroatoms. The van der Waals surface area contributed by atoms with Crippen molar-refractivity contribution in [1.82, 2.24) is 9.55 Å². The lowest BCUT2D eigenvalue weighted by atomic mass is 10.0. The highest BCUT2D eigenvalue weighted by atomic mass is 31.2. The molecule has 0 saturated heterocycles. The molecule has 1 aromatic carbocycles. The first-order chi connectivity index (χ1) is 16.3. The number of aromatic amines is 1. The van der Waals surface area contributed by atoms with E-state index >= 15 is 0 Å². The summed E-state index contributed by atoms with van der Waals surface area (Å²) >= 11 is 0. The van der Waals surface area contributed by atoms with Crippen molar-refractivity contribution in [3.8, 4) is 5.75 Å². The van der Waals surface area contributed by atoms with Gasteiger partial charge in [0.05, 0.1) is 19.8 Å². The van der Waals surface area contributed by atoms with E-state index in [9.17, 15) is 18.9 Å². The zero-order valence-corrected chi connectivity index (χ0v) is 19.6. The third kappa shape index (κ3) is 5.39. The first-order valence-electron chi connectivity index (χ1n) is 10.8. The Labute approximate surface area is 194 Å². The lowest BCUT2D eigenvalue weighted by Gasteiger charge is -2.27. The number of nitrogens with zero attached hydrogens (tertiary/aromatic N) is 1. The number of phosphoric acid groups is 1. The molecule has 1 unspecified atom stereocenters. The van der Waals surface area contributed by atoms with Gasteiger partial charge in [0, 0.05) is 23.7 Å². The molecule has 0 saturated carbocycles. The van der Waals surface area contributed by atoms with E-state index in [0.29, 0.717) is 35.5 Å². The number of aryl methyl sites for hydroxylation is 2. The number of carbonyl (C=O) groups is 1. The highest BCUT2D eigenvalue weighted by Gasteiger charge is 2.37. The van der Waals surface area contributed by atoms with Crippen LogP contribution in [0.2, 0.25) is 0 Å². The second-order valence-corrected chi connectivity index (χ2v) is 9.34. The van der Waals surface area contributed by atoms with E-state index in [4.69, 9.17) is 23.0 Å². The topological polar surface area (TPSA) is 135 Å². The second kappa shape index (κ2) is 10.1. The number of nitrogens with one attached hydrogen (secondary N) is 1. The molecule has 0 spiro atoms. The smallest absolute Gasteiger partial charge is 0.466 e. The minimum atomic E-state index is -3.95. The van der Waals surface area contributed by atoms with Crippen LogP contribution in [-0.4, -0.2) is 34.8 Å². The fraction of sp³-hybridized carbons (Fsp3) is 0.409. The molecule has 11 nitrogen and oxygen atoms in total. The SMILES string of the molecule is CCOC(=O)CCc1cccc2c1OP(=O)(OC[C@@H]1C=C[C@H](n3cc(C)c(=O)[nH]c3=O)O1)OC2. The van der Waals surface area contributed by atoms with Gasteiger partial charge in [0.15, 0.2) is 6.23 Å². The zero-order valence-electron chi connectivity index (χ0n) is 18.7. The van der Waals surface area contributed by atoms with Gasteiger partial charge in [0.2, 0.25) is 0 Å². The predicted molar refractivity (Wildman–Crippen MR) is 119 cm³/mol. The van der Waals surface area contributed by atoms with Crippen LogP contribution in [0, 0.1) is 6.92 Å². The zero-order chi connectivity index (χ0) is 24.3. The standard InChI is InChI=1S/C22H25N2O9P/c1-3-29-19(25)10-7-15-5-4-6-16-12-30-34(28,33-20(15)16)31-13-17-8-9-18(32-17)24-11-14(2)21(26)23-22(24)27/h4-6,8-9,11,17-18H,3,7,10,12-13H2,1-2H3,(H,23,26,27)/t17-,18+,34?/m0/s1. The van der Waals surface area contributed by atoms with E-state index in [1.54, 1.807) is 44.2 Å². The number of carbonyl (C=O) groups excluding carboxylic acids is 1. The normalized spacial score (nSPS) is 23.4. The lowest BCUT2D eigenvalue weighted by Crippen LogP contribution is -2.33. The number of esters is 1. The maximum Gasteiger partial charge on any atom is 0.530 e. The van der Waals surface area contributed by atoms with Crippen molar-refractivity contribution in [2.45, 2.75) is 45.6 Å². The molecule has 2 aromatic rings. The Bertz CT molecular complexity index is 1270. The molecule has 0 aliphatic carbocycles. The van der Waals surface area contributed by atoms with Crippen LogP contribution in [-0.2, 0) is 40.9 Å². The van der Waals surface area contributed by atoms with Crippen molar-refractivity contribution in [3.63, 3.8) is 0 Å². The van der Waals surface area contributed by atoms with Crippen LogP contribution in [0.4, 0.5) is 0 Å². The van der Waals surface area contributed by atoms with Gasteiger partial charge in [0.1, 0.15) is 11.9 Å². The maximum absolute atomic E-state index is 13.1. The summed E-state index contributed by atoms with van der Waals surface area (Å²) < 4.78 is 41.6. The van der Waals surface area contributed by atoms with Gasteiger partial charge in [-0.05, 0) is 31.9 Å². The molecule has 2 aliphatic heterocycles. The third-order valence-electron chi connectivity index (χ3n) is 5.28. The molecule has 3 atom stereocenters. The van der Waals surface area contributed by atoms with Crippen molar-refractivity contribution < 1.29 is 32.4 Å². The number of hydrogen-bond acceptors (Lipinski definition) is 9. The van der Waals surface area contributed by atoms with Crippen LogP contribution in [0.5, 0.6) is 5.75 Å². The number of benzene rings is 1. The number of ether oxygens (including phenoxy) is 2. The Morgan fingerprint density at radius 2 is 2.12 bits per heavy atom. The summed E-state index contributed by atoms with van der Waals surface area (Å²) in [6, 6.07) is 5.37. The molecule has 4 rings (SSSR count). The van der Waals surface area contributed by atoms with Crippen LogP contribution >= 0.6 is 7.82 Å². The average Bonchev–Trinajstić information content (AvgIpc) is 3.28. The third-order valence-corrected chi connectivity index (χ3v) is 6.60. The van der Waals surface area contributed by atoms with Crippen molar-refractivity contribution in [2.75, 3.05) is 13.2 Å². The lowest BCUT2D eigenvalue weighted by molar-refractivity contribution is -0.143. The fourth-order valence-electron chi connectivity index (χ4n) is 3.57. The van der Waals surface area contributed by atoms with Gasteiger partial charge >= 0.3 is 19.5 Å². The first kappa shape index (κ1) is 24.2. The second-order valence-electron chi connectivity index (χ2n) is 7.75. The molecular formula is C22H25N2O9P. The van der Waals surface area contributed by atoms with E-state index in [2.05, 4.69) is 4.98 Å². The van der Waals surface area contributed by atoms with E-state index < -0.39 is 31.4 Å². The van der Waals surface area contributed by atoms with Crippen molar-refractivity contribution in [1.29, 1.82) is 0 Å². The number of rotatable bonds is 8. The summed E-state index contributed by atoms with van der Waals surface area (Å²) in [4.78, 5) is 37.6. The van der Waals surface area contributed by atoms with Crippen LogP contribution in [0.15, 0.2) is 46.1 Å². The summed E-state index contributed by atoms with van der Waals surface area (Å²) in [6.45, 7) is 3.49. The average molecular weight is 492 g/mol. The number of aromatic nitrogens is 2. The quantitative estimate of drug-likeness (QED) is 0.335. The molecule has 0 radical (unpaired) electrons. The molecule has 2 aliphatic rings. The summed E-state index contributed by atoms with van der Waals surface area (Å²) in [6.07, 6.45) is 3.84. The van der Waals surface area contributed by atoms with E-state index in [-0.39, 0.29) is 25.6 Å². The number of H-pyrrole nitrogens is 1. The first-order valence-corrected chi connectivity index (χ1v) is 12.2. The minimum absolute atomic E-state index is 0.0237. The monoisotopic (exact) mass is 492 g/mol. The van der Waals surface area contributed by atoms with Gasteiger partial charge in [-0.15, -0.1) is 0 Å². The fourth-order valence-corrected chi connectivity index (χ4v) is 4.83. The van der Waals surface area contributed by atoms with Gasteiger partial charge in [-0.1, -0.05) is 24.3 Å². The number of phosphoric ester groups is 1. The number of hydrogen-bond donors (Lipinski definition) is 1. The van der Waals surface area contributed by atoms with Gasteiger partial charge in [-0.2, -0.15) is 0 Å². The highest BCUT2D eigenvalue weighted by molar-refractivity contribution is 7.49. The highest BCUT2D eigenvalue weighted by Crippen LogP contribution is 2.55. The van der Waals surface area contributed by atoms with E-state index in [1.165, 1.54) is 10.8 Å². The van der Waals surface area contributed by atoms with Crippen molar-refractivity contribution >= 4 is 13.8 Å². The van der Waals surface area contributed by atoms with Crippen LogP contribution in [0.3, 0.4) is 0 Å². The van der Waals surface area contributed by atoms with Gasteiger partial charge < -0.3 is 14.0 Å². The van der Waals surface area contributed by atoms with Crippen molar-refractivity contribution in [2.24, 2.45) is 0 Å². The summed E-state index contributed by atoms with van der Waals surface area (Å²) in [5, 5.41) is 0. The van der Waals surface area contributed by atoms with Crippen LogP contribution in [0.25, 0.3) is 0 Å². The molecule has 1 aromatic heterocycles. The molecule has 1 N–H and O–H groups in total. The molecule has 0 bridgehead atoms. The Kier molecular flexibility index (Phi) is 7.18. The molecule has 3 heterocycles. The van der Waals surface area contributed by atoms with Gasteiger partial charge in [-0.25, -0.2) is 9.36 Å².